The summed E-state index contributed by atoms with van der Waals surface area (Å²) < 4.78 is 1.94. The number of para-hydroxylation sites is 1. The molecule has 2 saturated heterocycles. The second-order valence-corrected chi connectivity index (χ2v) is 10.6. The molecule has 38 heavy (non-hydrogen) atoms. The topological polar surface area (TPSA) is 119 Å². The van der Waals surface area contributed by atoms with E-state index in [4.69, 9.17) is 11.6 Å². The number of aryl methyl sites for hydroxylation is 1. The van der Waals surface area contributed by atoms with Crippen molar-refractivity contribution < 1.29 is 4.79 Å². The molecule has 10 nitrogen and oxygen atoms in total. The Kier molecular flexibility index (Phi) is 6.26. The zero-order valence-corrected chi connectivity index (χ0v) is 21.8. The molecular formula is C27H28ClN9O. The SMILES string of the molecule is Cc1cccc(Cl)c1NC(=O)N1CCC(N2CC(CC#N)(n3cc(-c4ncnc5[nH]ccc45)cn3)C2)CC1. The fourth-order valence-electron chi connectivity index (χ4n) is 5.67. The number of carbonyl (C=O) groups is 1. The van der Waals surface area contributed by atoms with Crippen LogP contribution in [0.25, 0.3) is 22.3 Å². The van der Waals surface area contributed by atoms with Gasteiger partial charge in [-0.1, -0.05) is 23.7 Å². The highest BCUT2D eigenvalue weighted by molar-refractivity contribution is 6.33. The number of urea groups is 1. The van der Waals surface area contributed by atoms with Crippen molar-refractivity contribution in [3.05, 3.63) is 59.8 Å². The van der Waals surface area contributed by atoms with Crippen LogP contribution in [0.1, 0.15) is 24.8 Å². The molecule has 5 heterocycles. The second kappa shape index (κ2) is 9.74. The first-order valence-electron chi connectivity index (χ1n) is 12.7. The maximum atomic E-state index is 12.9. The number of amides is 2. The van der Waals surface area contributed by atoms with Crippen molar-refractivity contribution in [2.45, 2.75) is 37.8 Å². The van der Waals surface area contributed by atoms with Crippen LogP contribution in [-0.4, -0.2) is 72.8 Å². The Balaban J connectivity index is 1.10. The second-order valence-electron chi connectivity index (χ2n) is 10.2. The lowest BCUT2D eigenvalue weighted by atomic mass is 9.84. The van der Waals surface area contributed by atoms with Gasteiger partial charge in [0, 0.05) is 55.6 Å². The Labute approximate surface area is 225 Å². The monoisotopic (exact) mass is 529 g/mol. The minimum Gasteiger partial charge on any atom is -0.346 e. The van der Waals surface area contributed by atoms with Gasteiger partial charge in [-0.05, 0) is 37.5 Å². The normalized spacial score (nSPS) is 17.8. The maximum absolute atomic E-state index is 12.9. The van der Waals surface area contributed by atoms with Crippen molar-refractivity contribution in [3.8, 4) is 17.3 Å². The van der Waals surface area contributed by atoms with Gasteiger partial charge in [0.25, 0.3) is 0 Å². The number of piperidine rings is 1. The van der Waals surface area contributed by atoms with Gasteiger partial charge in [0.2, 0.25) is 0 Å². The predicted octanol–water partition coefficient (Wildman–Crippen LogP) is 4.40. The number of nitrogens with zero attached hydrogens (tertiary/aromatic N) is 7. The lowest BCUT2D eigenvalue weighted by molar-refractivity contribution is -0.0399. The van der Waals surface area contributed by atoms with E-state index < -0.39 is 0 Å². The predicted molar refractivity (Wildman–Crippen MR) is 145 cm³/mol. The number of hydrogen-bond donors (Lipinski definition) is 2. The van der Waals surface area contributed by atoms with Gasteiger partial charge in [-0.3, -0.25) is 9.58 Å². The number of aromatic nitrogens is 5. The molecule has 6 rings (SSSR count). The minimum atomic E-state index is -0.368. The highest BCUT2D eigenvalue weighted by atomic mass is 35.5. The molecule has 0 spiro atoms. The molecule has 0 saturated carbocycles. The van der Waals surface area contributed by atoms with Gasteiger partial charge in [-0.25, -0.2) is 14.8 Å². The number of benzene rings is 1. The summed E-state index contributed by atoms with van der Waals surface area (Å²) >= 11 is 6.29. The van der Waals surface area contributed by atoms with Crippen LogP contribution < -0.4 is 5.32 Å². The third-order valence-electron chi connectivity index (χ3n) is 7.82. The van der Waals surface area contributed by atoms with Crippen molar-refractivity contribution in [2.75, 3.05) is 31.5 Å². The van der Waals surface area contributed by atoms with E-state index in [-0.39, 0.29) is 11.6 Å². The Morgan fingerprint density at radius 1 is 1.26 bits per heavy atom. The van der Waals surface area contributed by atoms with Crippen molar-refractivity contribution in [3.63, 3.8) is 0 Å². The molecule has 2 fully saturated rings. The van der Waals surface area contributed by atoms with Crippen LogP contribution in [0.3, 0.4) is 0 Å². The van der Waals surface area contributed by atoms with Crippen molar-refractivity contribution in [2.24, 2.45) is 0 Å². The summed E-state index contributed by atoms with van der Waals surface area (Å²) in [5.74, 6) is 0. The molecular weight excluding hydrogens is 502 g/mol. The van der Waals surface area contributed by atoms with Crippen LogP contribution in [0, 0.1) is 18.3 Å². The van der Waals surface area contributed by atoms with Crippen LogP contribution in [0.15, 0.2) is 49.2 Å². The van der Waals surface area contributed by atoms with Crippen molar-refractivity contribution in [1.29, 1.82) is 5.26 Å². The molecule has 2 aliphatic heterocycles. The van der Waals surface area contributed by atoms with Crippen LogP contribution >= 0.6 is 11.6 Å². The van der Waals surface area contributed by atoms with Crippen LogP contribution in [0.4, 0.5) is 10.5 Å². The highest BCUT2D eigenvalue weighted by Crippen LogP contribution is 2.37. The number of halogens is 1. The highest BCUT2D eigenvalue weighted by Gasteiger charge is 2.48. The summed E-state index contributed by atoms with van der Waals surface area (Å²) in [4.78, 5) is 29.0. The van der Waals surface area contributed by atoms with E-state index in [2.05, 4.69) is 36.3 Å². The van der Waals surface area contributed by atoms with Gasteiger partial charge >= 0.3 is 6.03 Å². The molecule has 0 radical (unpaired) electrons. The lowest BCUT2D eigenvalue weighted by Crippen LogP contribution is -2.66. The molecule has 3 aromatic heterocycles. The molecule has 2 aliphatic rings. The Morgan fingerprint density at radius 2 is 2.08 bits per heavy atom. The van der Waals surface area contributed by atoms with Gasteiger partial charge in [-0.15, -0.1) is 0 Å². The average molecular weight is 530 g/mol. The van der Waals surface area contributed by atoms with E-state index in [1.54, 1.807) is 12.4 Å². The molecule has 1 aromatic carbocycles. The maximum Gasteiger partial charge on any atom is 0.321 e. The number of nitrogens with one attached hydrogen (secondary N) is 2. The fraction of sp³-hybridized carbons (Fsp3) is 0.370. The quantitative estimate of drug-likeness (QED) is 0.395. The van der Waals surface area contributed by atoms with E-state index in [0.717, 1.165) is 53.8 Å². The summed E-state index contributed by atoms with van der Waals surface area (Å²) in [6.45, 7) is 4.78. The van der Waals surface area contributed by atoms with E-state index in [9.17, 15) is 10.1 Å². The summed E-state index contributed by atoms with van der Waals surface area (Å²) in [7, 11) is 0. The van der Waals surface area contributed by atoms with E-state index in [1.165, 1.54) is 0 Å². The van der Waals surface area contributed by atoms with Crippen LogP contribution in [0.2, 0.25) is 5.02 Å². The first-order valence-corrected chi connectivity index (χ1v) is 13.1. The summed E-state index contributed by atoms with van der Waals surface area (Å²) in [6, 6.07) is 10.2. The van der Waals surface area contributed by atoms with Gasteiger partial charge in [-0.2, -0.15) is 10.4 Å². The van der Waals surface area contributed by atoms with Gasteiger partial charge in [0.15, 0.2) is 0 Å². The van der Waals surface area contributed by atoms with E-state index in [1.807, 2.05) is 53.3 Å². The molecule has 2 N–H and O–H groups in total. The first-order chi connectivity index (χ1) is 18.5. The number of H-pyrrole nitrogens is 1. The first kappa shape index (κ1) is 24.4. The van der Waals surface area contributed by atoms with E-state index >= 15 is 0 Å². The largest absolute Gasteiger partial charge is 0.346 e. The van der Waals surface area contributed by atoms with Crippen LogP contribution in [0.5, 0.6) is 0 Å². The molecule has 194 valence electrons. The minimum absolute atomic E-state index is 0.118. The number of carbonyl (C=O) groups excluding carboxylic acids is 1. The number of nitriles is 1. The molecule has 4 aromatic rings. The zero-order chi connectivity index (χ0) is 26.3. The summed E-state index contributed by atoms with van der Waals surface area (Å²) in [5.41, 5.74) is 3.75. The number of fused-ring (bicyclic) bond motifs is 1. The Morgan fingerprint density at radius 3 is 2.84 bits per heavy atom. The van der Waals surface area contributed by atoms with Gasteiger partial charge < -0.3 is 15.2 Å². The third kappa shape index (κ3) is 4.27. The number of likely N-dealkylation sites (tertiary alicyclic amines) is 2. The number of hydrogen-bond acceptors (Lipinski definition) is 6. The van der Waals surface area contributed by atoms with Crippen LogP contribution in [-0.2, 0) is 5.54 Å². The molecule has 11 heteroatoms. The number of aromatic amines is 1. The summed E-state index contributed by atoms with van der Waals surface area (Å²) in [5, 5.41) is 18.7. The lowest BCUT2D eigenvalue weighted by Gasteiger charge is -2.53. The number of rotatable bonds is 5. The molecule has 0 aliphatic carbocycles. The fourth-order valence-corrected chi connectivity index (χ4v) is 5.94. The van der Waals surface area contributed by atoms with Gasteiger partial charge in [0.1, 0.15) is 17.5 Å². The zero-order valence-electron chi connectivity index (χ0n) is 21.1. The molecule has 0 bridgehead atoms. The Bertz CT molecular complexity index is 1500. The van der Waals surface area contributed by atoms with Crippen molar-refractivity contribution in [1.82, 2.24) is 34.5 Å². The number of anilines is 1. The standard InChI is InChI=1S/C27H28ClN9O/c1-18-3-2-4-22(28)23(18)34-26(38)35-11-6-20(7-12-35)36-15-27(16-36,8-9-29)37-14-19(13-33-37)24-21-5-10-30-25(21)32-17-31-24/h2-5,10,13-14,17,20H,6-8,11-12,15-16H2,1H3,(H,34,38)(H,30,31,32). The van der Waals surface area contributed by atoms with E-state index in [0.29, 0.717) is 36.3 Å². The summed E-state index contributed by atoms with van der Waals surface area (Å²) in [6.07, 6.45) is 9.35. The molecule has 2 amide bonds. The smallest absolute Gasteiger partial charge is 0.321 e. The van der Waals surface area contributed by atoms with Crippen molar-refractivity contribution >= 4 is 34.4 Å². The van der Waals surface area contributed by atoms with Gasteiger partial charge in [0.05, 0.1) is 35.1 Å². The molecule has 0 atom stereocenters. The molecule has 0 unspecified atom stereocenters. The average Bonchev–Trinajstić information content (AvgIpc) is 3.58. The third-order valence-corrected chi connectivity index (χ3v) is 8.14. The Hall–Kier alpha value is -3.94.